The predicted octanol–water partition coefficient (Wildman–Crippen LogP) is 4.32. The van der Waals surface area contributed by atoms with Crippen molar-refractivity contribution in [2.45, 2.75) is 25.3 Å². The van der Waals surface area contributed by atoms with E-state index >= 15 is 0 Å². The van der Waals surface area contributed by atoms with Gasteiger partial charge >= 0.3 is 12.3 Å². The van der Waals surface area contributed by atoms with Crippen LogP contribution in [-0.4, -0.2) is 27.8 Å². The van der Waals surface area contributed by atoms with Crippen molar-refractivity contribution in [3.05, 3.63) is 27.6 Å². The van der Waals surface area contributed by atoms with Gasteiger partial charge < -0.3 is 4.57 Å². The first-order valence-electron chi connectivity index (χ1n) is 5.72. The second-order valence-corrected chi connectivity index (χ2v) is 5.87. The molecule has 1 aromatic carbocycles. The van der Waals surface area contributed by atoms with E-state index in [1.165, 1.54) is 0 Å². The smallest absolute Gasteiger partial charge is 0.322 e. The van der Waals surface area contributed by atoms with E-state index in [9.17, 15) is 17.6 Å². The Hall–Kier alpha value is -0.570. The van der Waals surface area contributed by atoms with Gasteiger partial charge in [0.2, 0.25) is 0 Å². The fourth-order valence-electron chi connectivity index (χ4n) is 1.88. The Balaban J connectivity index is 2.51. The third-order valence-corrected chi connectivity index (χ3v) is 3.66. The van der Waals surface area contributed by atoms with Gasteiger partial charge in [-0.05, 0) is 40.8 Å². The van der Waals surface area contributed by atoms with Crippen LogP contribution in [0.15, 0.2) is 18.2 Å². The molecular formula is C12H10ClF4IN2. The van der Waals surface area contributed by atoms with Gasteiger partial charge in [0.05, 0.1) is 17.6 Å². The first-order chi connectivity index (χ1) is 9.35. The van der Waals surface area contributed by atoms with Gasteiger partial charge in [0.1, 0.15) is 5.82 Å². The number of halogens is 6. The summed E-state index contributed by atoms with van der Waals surface area (Å²) in [6.45, 7) is -1.10. The Labute approximate surface area is 131 Å². The van der Waals surface area contributed by atoms with E-state index in [2.05, 4.69) is 27.6 Å². The topological polar surface area (TPSA) is 17.8 Å². The molecule has 0 radical (unpaired) electrons. The molecule has 8 heteroatoms. The van der Waals surface area contributed by atoms with Crippen LogP contribution in [0, 0.1) is 3.57 Å². The third-order valence-electron chi connectivity index (χ3n) is 2.80. The van der Waals surface area contributed by atoms with E-state index < -0.39 is 18.9 Å². The molecule has 0 aliphatic rings. The number of hydrogen-bond acceptors (Lipinski definition) is 1. The van der Waals surface area contributed by atoms with Crippen LogP contribution in [0.1, 0.15) is 5.82 Å². The Bertz CT molecular complexity index is 615. The maximum absolute atomic E-state index is 13.3. The number of nitrogens with zero attached hydrogens (tertiary/aromatic N) is 2. The molecule has 0 amide bonds. The van der Waals surface area contributed by atoms with Gasteiger partial charge in [-0.25, -0.2) is 13.8 Å². The molecule has 2 aromatic rings. The maximum Gasteiger partial charge on any atom is 0.324 e. The lowest BCUT2D eigenvalue weighted by molar-refractivity contribution is -0.137. The average molecular weight is 421 g/mol. The van der Waals surface area contributed by atoms with Crippen LogP contribution < -0.4 is 0 Å². The zero-order valence-corrected chi connectivity index (χ0v) is 13.0. The van der Waals surface area contributed by atoms with E-state index in [1.54, 1.807) is 18.2 Å². The fraction of sp³-hybridized carbons (Fsp3) is 0.417. The summed E-state index contributed by atoms with van der Waals surface area (Å²) in [5.74, 6) is -3.63. The van der Waals surface area contributed by atoms with Crippen molar-refractivity contribution in [3.8, 4) is 0 Å². The Morgan fingerprint density at radius 1 is 1.35 bits per heavy atom. The molecule has 0 aliphatic carbocycles. The summed E-state index contributed by atoms with van der Waals surface area (Å²) < 4.78 is 53.4. The molecular weight excluding hydrogens is 410 g/mol. The van der Waals surface area contributed by atoms with Gasteiger partial charge in [0.25, 0.3) is 0 Å². The largest absolute Gasteiger partial charge is 0.324 e. The van der Waals surface area contributed by atoms with Crippen LogP contribution in [0.25, 0.3) is 11.0 Å². The summed E-state index contributed by atoms with van der Waals surface area (Å²) >= 11 is 7.68. The molecule has 0 atom stereocenters. The highest BCUT2D eigenvalue weighted by atomic mass is 127. The minimum atomic E-state index is -4.10. The number of imidazole rings is 1. The lowest BCUT2D eigenvalue weighted by atomic mass is 10.3. The molecule has 2 rings (SSSR count). The zero-order valence-electron chi connectivity index (χ0n) is 10.1. The number of aryl methyl sites for hydroxylation is 1. The van der Waals surface area contributed by atoms with Crippen LogP contribution >= 0.6 is 34.2 Å². The first-order valence-corrected chi connectivity index (χ1v) is 7.33. The highest BCUT2D eigenvalue weighted by Gasteiger charge is 2.41. The number of alkyl halides is 5. The van der Waals surface area contributed by atoms with Crippen molar-refractivity contribution in [1.82, 2.24) is 9.55 Å². The third kappa shape index (κ3) is 3.19. The lowest BCUT2D eigenvalue weighted by Crippen LogP contribution is -2.32. The van der Waals surface area contributed by atoms with Gasteiger partial charge in [-0.2, -0.15) is 8.78 Å². The van der Waals surface area contributed by atoms with Crippen molar-refractivity contribution >= 4 is 45.2 Å². The van der Waals surface area contributed by atoms with Crippen LogP contribution in [-0.2, 0) is 13.0 Å². The van der Waals surface area contributed by atoms with Gasteiger partial charge in [-0.15, -0.1) is 11.6 Å². The molecule has 0 fully saturated rings. The number of hydrogen-bond donors (Lipinski definition) is 0. The summed E-state index contributed by atoms with van der Waals surface area (Å²) in [4.78, 5) is 4.20. The van der Waals surface area contributed by atoms with Gasteiger partial charge in [-0.3, -0.25) is 0 Å². The van der Waals surface area contributed by atoms with Crippen molar-refractivity contribution in [2.24, 2.45) is 0 Å². The summed E-state index contributed by atoms with van der Waals surface area (Å²) in [7, 11) is 0. The number of rotatable bonds is 5. The standard InChI is InChI=1S/C12H10ClF4IN2/c13-4-3-10-19-8-5-7(18)1-2-9(8)20(10)6-12(16,17)11(14)15/h1-2,5,11H,3-4,6H2. The molecule has 0 aliphatic heterocycles. The molecule has 1 heterocycles. The lowest BCUT2D eigenvalue weighted by Gasteiger charge is -2.18. The molecule has 0 unspecified atom stereocenters. The first kappa shape index (κ1) is 15.8. The number of aromatic nitrogens is 2. The molecule has 20 heavy (non-hydrogen) atoms. The van der Waals surface area contributed by atoms with Crippen molar-refractivity contribution in [1.29, 1.82) is 0 Å². The quantitative estimate of drug-likeness (QED) is 0.400. The van der Waals surface area contributed by atoms with Crippen molar-refractivity contribution < 1.29 is 17.6 Å². The minimum absolute atomic E-state index is 0.181. The highest BCUT2D eigenvalue weighted by molar-refractivity contribution is 14.1. The van der Waals surface area contributed by atoms with E-state index in [4.69, 9.17) is 11.6 Å². The molecule has 0 saturated carbocycles. The van der Waals surface area contributed by atoms with Crippen LogP contribution in [0.4, 0.5) is 17.6 Å². The molecule has 1 aromatic heterocycles. The van der Waals surface area contributed by atoms with Crippen LogP contribution in [0.5, 0.6) is 0 Å². The SMILES string of the molecule is FC(F)C(F)(F)Cn1c(CCCl)nc2cc(I)ccc21. The number of benzene rings is 1. The van der Waals surface area contributed by atoms with Gasteiger partial charge in [-0.1, -0.05) is 0 Å². The average Bonchev–Trinajstić information content (AvgIpc) is 2.66. The van der Waals surface area contributed by atoms with Gasteiger partial charge in [0.15, 0.2) is 0 Å². The second-order valence-electron chi connectivity index (χ2n) is 4.25. The number of fused-ring (bicyclic) bond motifs is 1. The normalized spacial score (nSPS) is 12.6. The molecule has 0 spiro atoms. The van der Waals surface area contributed by atoms with Crippen LogP contribution in [0.2, 0.25) is 0 Å². The Morgan fingerprint density at radius 3 is 2.65 bits per heavy atom. The maximum atomic E-state index is 13.3. The molecule has 110 valence electrons. The Morgan fingerprint density at radius 2 is 2.05 bits per heavy atom. The summed E-state index contributed by atoms with van der Waals surface area (Å²) in [5, 5.41) is 0. The highest BCUT2D eigenvalue weighted by Crippen LogP contribution is 2.28. The predicted molar refractivity (Wildman–Crippen MR) is 77.8 cm³/mol. The van der Waals surface area contributed by atoms with E-state index in [-0.39, 0.29) is 18.1 Å². The fourth-order valence-corrected chi connectivity index (χ4v) is 2.53. The minimum Gasteiger partial charge on any atom is -0.322 e. The second kappa shape index (κ2) is 6.05. The van der Waals surface area contributed by atoms with E-state index in [0.717, 1.165) is 8.14 Å². The van der Waals surface area contributed by atoms with E-state index in [0.29, 0.717) is 11.0 Å². The summed E-state index contributed by atoms with van der Waals surface area (Å²) in [5.41, 5.74) is 0.910. The monoisotopic (exact) mass is 420 g/mol. The van der Waals surface area contributed by atoms with Crippen molar-refractivity contribution in [2.75, 3.05) is 5.88 Å². The summed E-state index contributed by atoms with van der Waals surface area (Å²) in [6, 6.07) is 5.03. The molecule has 2 nitrogen and oxygen atoms in total. The molecule has 0 N–H and O–H groups in total. The van der Waals surface area contributed by atoms with E-state index in [1.807, 2.05) is 0 Å². The van der Waals surface area contributed by atoms with Crippen LogP contribution in [0.3, 0.4) is 0 Å². The molecule has 0 bridgehead atoms. The Kier molecular flexibility index (Phi) is 4.78. The van der Waals surface area contributed by atoms with Gasteiger partial charge in [0, 0.05) is 15.9 Å². The summed E-state index contributed by atoms with van der Waals surface area (Å²) in [6.07, 6.45) is -3.47. The van der Waals surface area contributed by atoms with Crippen molar-refractivity contribution in [3.63, 3.8) is 0 Å². The zero-order chi connectivity index (χ0) is 14.9. The molecule has 0 saturated heterocycles.